The van der Waals surface area contributed by atoms with Gasteiger partial charge in [0.1, 0.15) is 5.82 Å². The lowest BCUT2D eigenvalue weighted by Crippen LogP contribution is -2.14. The van der Waals surface area contributed by atoms with E-state index in [4.69, 9.17) is 4.42 Å². The van der Waals surface area contributed by atoms with Crippen LogP contribution in [0.4, 0.5) is 10.1 Å². The first-order valence-electron chi connectivity index (χ1n) is 7.24. The van der Waals surface area contributed by atoms with Gasteiger partial charge in [0.25, 0.3) is 10.0 Å². The second-order valence-corrected chi connectivity index (χ2v) is 6.99. The fourth-order valence-electron chi connectivity index (χ4n) is 2.42. The predicted molar refractivity (Wildman–Crippen MR) is 88.1 cm³/mol. The zero-order valence-electron chi connectivity index (χ0n) is 13.0. The number of benzene rings is 2. The van der Waals surface area contributed by atoms with Crippen LogP contribution >= 0.6 is 0 Å². The molecular formula is C16H15FN2O4S. The Kier molecular flexibility index (Phi) is 3.92. The molecule has 1 heterocycles. The number of rotatable bonds is 4. The van der Waals surface area contributed by atoms with E-state index < -0.39 is 21.6 Å². The van der Waals surface area contributed by atoms with Crippen LogP contribution in [0.3, 0.4) is 0 Å². The Labute approximate surface area is 137 Å². The van der Waals surface area contributed by atoms with Crippen LogP contribution in [-0.2, 0) is 16.6 Å². The molecule has 0 spiro atoms. The Morgan fingerprint density at radius 2 is 1.96 bits per heavy atom. The summed E-state index contributed by atoms with van der Waals surface area (Å²) >= 11 is 0. The average molecular weight is 350 g/mol. The highest BCUT2D eigenvalue weighted by Crippen LogP contribution is 2.23. The number of aryl methyl sites for hydroxylation is 2. The maximum atomic E-state index is 13.3. The Morgan fingerprint density at radius 1 is 1.21 bits per heavy atom. The highest BCUT2D eigenvalue weighted by molar-refractivity contribution is 7.92. The SMILES string of the molecule is CCn1c(=O)oc2cc(S(=O)(=O)Nc3cc(F)ccc3C)ccc21. The van der Waals surface area contributed by atoms with Gasteiger partial charge in [-0.15, -0.1) is 0 Å². The highest BCUT2D eigenvalue weighted by atomic mass is 32.2. The van der Waals surface area contributed by atoms with Gasteiger partial charge in [-0.2, -0.15) is 0 Å². The fraction of sp³-hybridized carbons (Fsp3) is 0.188. The third kappa shape index (κ3) is 2.80. The highest BCUT2D eigenvalue weighted by Gasteiger charge is 2.18. The van der Waals surface area contributed by atoms with Crippen molar-refractivity contribution in [1.82, 2.24) is 4.57 Å². The van der Waals surface area contributed by atoms with Gasteiger partial charge in [0.2, 0.25) is 0 Å². The molecule has 0 aliphatic rings. The zero-order valence-corrected chi connectivity index (χ0v) is 13.9. The number of nitrogens with zero attached hydrogens (tertiary/aromatic N) is 1. The van der Waals surface area contributed by atoms with E-state index in [1.807, 2.05) is 0 Å². The van der Waals surface area contributed by atoms with Crippen LogP contribution in [0.2, 0.25) is 0 Å². The van der Waals surface area contributed by atoms with Gasteiger partial charge in [0, 0.05) is 12.6 Å². The van der Waals surface area contributed by atoms with Gasteiger partial charge < -0.3 is 4.42 Å². The molecule has 6 nitrogen and oxygen atoms in total. The molecule has 0 saturated carbocycles. The van der Waals surface area contributed by atoms with E-state index in [1.54, 1.807) is 13.8 Å². The molecule has 0 aliphatic heterocycles. The van der Waals surface area contributed by atoms with Gasteiger partial charge >= 0.3 is 5.76 Å². The van der Waals surface area contributed by atoms with E-state index in [9.17, 15) is 17.6 Å². The lowest BCUT2D eigenvalue weighted by atomic mass is 10.2. The first kappa shape index (κ1) is 16.3. The molecule has 2 aromatic carbocycles. The minimum Gasteiger partial charge on any atom is -0.408 e. The van der Waals surface area contributed by atoms with Crippen LogP contribution in [0, 0.1) is 12.7 Å². The number of oxazole rings is 1. The second-order valence-electron chi connectivity index (χ2n) is 5.31. The summed E-state index contributed by atoms with van der Waals surface area (Å²) in [7, 11) is -3.94. The zero-order chi connectivity index (χ0) is 17.5. The van der Waals surface area contributed by atoms with Crippen molar-refractivity contribution in [1.29, 1.82) is 0 Å². The quantitative estimate of drug-likeness (QED) is 0.784. The molecule has 1 aromatic heterocycles. The molecule has 0 bridgehead atoms. The standard InChI is InChI=1S/C16H15FN2O4S/c1-3-19-14-7-6-12(9-15(14)23-16(19)20)24(21,22)18-13-8-11(17)5-4-10(13)2/h4-9,18H,3H2,1-2H3. The number of halogens is 1. The van der Waals surface area contributed by atoms with Crippen molar-refractivity contribution in [2.75, 3.05) is 4.72 Å². The summed E-state index contributed by atoms with van der Waals surface area (Å²) in [6.45, 7) is 3.87. The maximum absolute atomic E-state index is 13.3. The Bertz CT molecular complexity index is 1080. The molecular weight excluding hydrogens is 335 g/mol. The number of hydrogen-bond acceptors (Lipinski definition) is 4. The van der Waals surface area contributed by atoms with Crippen LogP contribution in [0.25, 0.3) is 11.1 Å². The largest absolute Gasteiger partial charge is 0.419 e. The lowest BCUT2D eigenvalue weighted by Gasteiger charge is -2.10. The molecule has 1 N–H and O–H groups in total. The molecule has 8 heteroatoms. The summed E-state index contributed by atoms with van der Waals surface area (Å²) in [6, 6.07) is 8.01. The van der Waals surface area contributed by atoms with Crippen LogP contribution < -0.4 is 10.5 Å². The smallest absolute Gasteiger partial charge is 0.408 e. The predicted octanol–water partition coefficient (Wildman–Crippen LogP) is 2.86. The number of aromatic nitrogens is 1. The molecule has 0 radical (unpaired) electrons. The normalized spacial score (nSPS) is 11.8. The molecule has 3 aromatic rings. The van der Waals surface area contributed by atoms with E-state index in [0.717, 1.165) is 6.07 Å². The summed E-state index contributed by atoms with van der Waals surface area (Å²) in [5.41, 5.74) is 1.44. The van der Waals surface area contributed by atoms with E-state index in [1.165, 1.54) is 34.9 Å². The molecule has 3 rings (SSSR count). The van der Waals surface area contributed by atoms with Crippen LogP contribution in [-0.4, -0.2) is 13.0 Å². The van der Waals surface area contributed by atoms with E-state index in [-0.39, 0.29) is 16.2 Å². The van der Waals surface area contributed by atoms with E-state index >= 15 is 0 Å². The first-order valence-corrected chi connectivity index (χ1v) is 8.72. The summed E-state index contributed by atoms with van der Waals surface area (Å²) in [5, 5.41) is 0. The van der Waals surface area contributed by atoms with Crippen LogP contribution in [0.15, 0.2) is 50.5 Å². The molecule has 0 fully saturated rings. The van der Waals surface area contributed by atoms with Gasteiger partial charge in [-0.25, -0.2) is 17.6 Å². The third-order valence-corrected chi connectivity index (χ3v) is 5.07. The number of hydrogen-bond donors (Lipinski definition) is 1. The van der Waals surface area contributed by atoms with Gasteiger partial charge in [-0.05, 0) is 43.7 Å². The number of nitrogens with one attached hydrogen (secondary N) is 1. The minimum absolute atomic E-state index is 0.0735. The van der Waals surface area contributed by atoms with Gasteiger partial charge in [0.05, 0.1) is 16.1 Å². The van der Waals surface area contributed by atoms with Crippen molar-refractivity contribution >= 4 is 26.8 Å². The van der Waals surface area contributed by atoms with Gasteiger partial charge in [-0.1, -0.05) is 6.07 Å². The number of anilines is 1. The monoisotopic (exact) mass is 350 g/mol. The van der Waals surface area contributed by atoms with Crippen LogP contribution in [0.1, 0.15) is 12.5 Å². The molecule has 0 amide bonds. The minimum atomic E-state index is -3.94. The maximum Gasteiger partial charge on any atom is 0.419 e. The summed E-state index contributed by atoms with van der Waals surface area (Å²) in [5.74, 6) is -1.09. The molecule has 0 aliphatic carbocycles. The van der Waals surface area contributed by atoms with Crippen molar-refractivity contribution in [3.8, 4) is 0 Å². The van der Waals surface area contributed by atoms with Gasteiger partial charge in [0.15, 0.2) is 5.58 Å². The Morgan fingerprint density at radius 3 is 2.67 bits per heavy atom. The fourth-order valence-corrected chi connectivity index (χ4v) is 3.56. The van der Waals surface area contributed by atoms with Gasteiger partial charge in [-0.3, -0.25) is 9.29 Å². The molecule has 24 heavy (non-hydrogen) atoms. The van der Waals surface area contributed by atoms with Crippen molar-refractivity contribution in [2.24, 2.45) is 0 Å². The summed E-state index contributed by atoms with van der Waals surface area (Å²) < 4.78 is 47.2. The third-order valence-electron chi connectivity index (χ3n) is 3.71. The molecule has 0 atom stereocenters. The first-order chi connectivity index (χ1) is 11.3. The lowest BCUT2D eigenvalue weighted by molar-refractivity contribution is 0.512. The molecule has 0 saturated heterocycles. The number of fused-ring (bicyclic) bond motifs is 1. The average Bonchev–Trinajstić information content (AvgIpc) is 2.84. The van der Waals surface area contributed by atoms with Crippen molar-refractivity contribution < 1.29 is 17.2 Å². The van der Waals surface area contributed by atoms with Crippen LogP contribution in [0.5, 0.6) is 0 Å². The summed E-state index contributed by atoms with van der Waals surface area (Å²) in [6.07, 6.45) is 0. The molecule has 126 valence electrons. The summed E-state index contributed by atoms with van der Waals surface area (Å²) in [4.78, 5) is 11.6. The van der Waals surface area contributed by atoms with Crippen molar-refractivity contribution in [3.63, 3.8) is 0 Å². The van der Waals surface area contributed by atoms with E-state index in [2.05, 4.69) is 4.72 Å². The molecule has 0 unspecified atom stereocenters. The van der Waals surface area contributed by atoms with Crippen molar-refractivity contribution in [2.45, 2.75) is 25.3 Å². The Hall–Kier alpha value is -2.61. The van der Waals surface area contributed by atoms with Crippen molar-refractivity contribution in [3.05, 3.63) is 58.3 Å². The Balaban J connectivity index is 2.05. The number of sulfonamides is 1. The second kappa shape index (κ2) is 5.79. The topological polar surface area (TPSA) is 81.3 Å². The van der Waals surface area contributed by atoms with E-state index in [0.29, 0.717) is 17.6 Å².